The predicted octanol–water partition coefficient (Wildman–Crippen LogP) is 5.25. The van der Waals surface area contributed by atoms with Gasteiger partial charge in [0.2, 0.25) is 5.91 Å². The number of halogens is 3. The molecule has 0 saturated heterocycles. The molecule has 24 heavy (non-hydrogen) atoms. The van der Waals surface area contributed by atoms with Gasteiger partial charge in [0.25, 0.3) is 0 Å². The Kier molecular flexibility index (Phi) is 5.67. The second kappa shape index (κ2) is 7.75. The second-order valence-electron chi connectivity index (χ2n) is 5.91. The van der Waals surface area contributed by atoms with Crippen molar-refractivity contribution in [2.24, 2.45) is 0 Å². The molecular formula is C18H17Cl3N2O. The molecule has 2 aromatic carbocycles. The summed E-state index contributed by atoms with van der Waals surface area (Å²) in [5.41, 5.74) is 1.60. The third-order valence-corrected chi connectivity index (χ3v) is 4.72. The van der Waals surface area contributed by atoms with Gasteiger partial charge in [-0.15, -0.1) is 0 Å². The molecule has 1 fully saturated rings. The van der Waals surface area contributed by atoms with Crippen molar-refractivity contribution in [1.29, 1.82) is 0 Å². The number of carbonyl (C=O) groups excluding carboxylic acids is 1. The third kappa shape index (κ3) is 4.64. The molecule has 0 bridgehead atoms. The average Bonchev–Trinajstić information content (AvgIpc) is 3.36. The van der Waals surface area contributed by atoms with E-state index in [2.05, 4.69) is 22.3 Å². The van der Waals surface area contributed by atoms with Crippen molar-refractivity contribution < 1.29 is 4.79 Å². The van der Waals surface area contributed by atoms with Gasteiger partial charge in [0, 0.05) is 17.6 Å². The van der Waals surface area contributed by atoms with Gasteiger partial charge in [-0.2, -0.15) is 0 Å². The fourth-order valence-electron chi connectivity index (χ4n) is 2.60. The molecule has 6 heteroatoms. The molecule has 1 amide bonds. The molecule has 0 heterocycles. The van der Waals surface area contributed by atoms with Crippen molar-refractivity contribution in [2.75, 3.05) is 11.9 Å². The lowest BCUT2D eigenvalue weighted by Crippen LogP contribution is -2.34. The van der Waals surface area contributed by atoms with Crippen LogP contribution in [-0.4, -0.2) is 23.4 Å². The largest absolute Gasteiger partial charge is 0.322 e. The molecular weight excluding hydrogens is 367 g/mol. The molecule has 0 unspecified atom stereocenters. The van der Waals surface area contributed by atoms with Crippen LogP contribution < -0.4 is 5.32 Å². The average molecular weight is 384 g/mol. The van der Waals surface area contributed by atoms with Gasteiger partial charge in [0.15, 0.2) is 0 Å². The van der Waals surface area contributed by atoms with Gasteiger partial charge in [-0.3, -0.25) is 9.69 Å². The molecule has 1 N–H and O–H groups in total. The number of anilines is 1. The maximum absolute atomic E-state index is 12.4. The van der Waals surface area contributed by atoms with E-state index in [1.54, 1.807) is 12.1 Å². The van der Waals surface area contributed by atoms with Gasteiger partial charge < -0.3 is 5.32 Å². The molecule has 0 aliphatic heterocycles. The molecule has 3 rings (SSSR count). The zero-order valence-corrected chi connectivity index (χ0v) is 15.2. The van der Waals surface area contributed by atoms with Gasteiger partial charge in [0.1, 0.15) is 0 Å². The van der Waals surface area contributed by atoms with Gasteiger partial charge >= 0.3 is 0 Å². The monoisotopic (exact) mass is 382 g/mol. The predicted molar refractivity (Wildman–Crippen MR) is 100.0 cm³/mol. The Balaban J connectivity index is 1.66. The number of rotatable bonds is 6. The normalized spacial score (nSPS) is 14.0. The fraction of sp³-hybridized carbons (Fsp3) is 0.278. The van der Waals surface area contributed by atoms with Gasteiger partial charge in [-0.25, -0.2) is 0 Å². The first-order chi connectivity index (χ1) is 11.5. The highest BCUT2D eigenvalue weighted by Gasteiger charge is 2.30. The summed E-state index contributed by atoms with van der Waals surface area (Å²) >= 11 is 18.1. The second-order valence-corrected chi connectivity index (χ2v) is 7.17. The Morgan fingerprint density at radius 1 is 1.08 bits per heavy atom. The maximum atomic E-state index is 12.4. The minimum Gasteiger partial charge on any atom is -0.322 e. The number of hydrogen-bond acceptors (Lipinski definition) is 2. The Labute approximate surface area is 156 Å². The van der Waals surface area contributed by atoms with E-state index >= 15 is 0 Å². The van der Waals surface area contributed by atoms with Crippen LogP contribution in [0.3, 0.4) is 0 Å². The van der Waals surface area contributed by atoms with Gasteiger partial charge in [-0.1, -0.05) is 65.1 Å². The highest BCUT2D eigenvalue weighted by molar-refractivity contribution is 6.42. The number of nitrogens with zero attached hydrogens (tertiary/aromatic N) is 1. The number of nitrogens with one attached hydrogen (secondary N) is 1. The summed E-state index contributed by atoms with van der Waals surface area (Å²) in [5, 5.41) is 3.91. The van der Waals surface area contributed by atoms with Crippen LogP contribution in [0.1, 0.15) is 18.4 Å². The summed E-state index contributed by atoms with van der Waals surface area (Å²) in [6.07, 6.45) is 2.26. The molecule has 0 atom stereocenters. The number of amides is 1. The Morgan fingerprint density at radius 3 is 2.29 bits per heavy atom. The van der Waals surface area contributed by atoms with Crippen molar-refractivity contribution in [3.63, 3.8) is 0 Å². The zero-order chi connectivity index (χ0) is 17.1. The van der Waals surface area contributed by atoms with Crippen molar-refractivity contribution >= 4 is 46.4 Å². The molecule has 1 saturated carbocycles. The lowest BCUT2D eigenvalue weighted by atomic mass is 10.2. The first kappa shape index (κ1) is 17.6. The minimum absolute atomic E-state index is 0.135. The Bertz CT molecular complexity index is 709. The Morgan fingerprint density at radius 2 is 1.71 bits per heavy atom. The van der Waals surface area contributed by atoms with Crippen LogP contribution in [-0.2, 0) is 11.3 Å². The molecule has 2 aromatic rings. The van der Waals surface area contributed by atoms with Crippen LogP contribution >= 0.6 is 34.8 Å². The van der Waals surface area contributed by atoms with E-state index in [9.17, 15) is 4.79 Å². The molecule has 0 aromatic heterocycles. The summed E-state index contributed by atoms with van der Waals surface area (Å²) in [6.45, 7) is 1.05. The SMILES string of the molecule is O=C(CN(Cc1ccccc1)C1CC1)Nc1c(Cl)cc(Cl)cc1Cl. The van der Waals surface area contributed by atoms with Crippen LogP contribution in [0.4, 0.5) is 5.69 Å². The number of carbonyl (C=O) groups is 1. The summed E-state index contributed by atoms with van der Waals surface area (Å²) in [4.78, 5) is 14.6. The Hall–Kier alpha value is -1.26. The van der Waals surface area contributed by atoms with Crippen LogP contribution in [0.25, 0.3) is 0 Å². The van der Waals surface area contributed by atoms with Gasteiger partial charge in [0.05, 0.1) is 22.3 Å². The maximum Gasteiger partial charge on any atom is 0.238 e. The van der Waals surface area contributed by atoms with E-state index in [0.29, 0.717) is 33.3 Å². The molecule has 0 radical (unpaired) electrons. The van der Waals surface area contributed by atoms with E-state index in [0.717, 1.165) is 19.4 Å². The zero-order valence-electron chi connectivity index (χ0n) is 12.9. The summed E-state index contributed by atoms with van der Waals surface area (Å²) in [6, 6.07) is 13.7. The van der Waals surface area contributed by atoms with E-state index in [4.69, 9.17) is 34.8 Å². The van der Waals surface area contributed by atoms with Crippen molar-refractivity contribution in [3.8, 4) is 0 Å². The van der Waals surface area contributed by atoms with Crippen LogP contribution in [0.5, 0.6) is 0 Å². The summed E-state index contributed by atoms with van der Waals surface area (Å²) in [5.74, 6) is -0.135. The lowest BCUT2D eigenvalue weighted by molar-refractivity contribution is -0.117. The first-order valence-electron chi connectivity index (χ1n) is 7.75. The molecule has 126 valence electrons. The first-order valence-corrected chi connectivity index (χ1v) is 8.88. The quantitative estimate of drug-likeness (QED) is 0.739. The molecule has 0 spiro atoms. The smallest absolute Gasteiger partial charge is 0.238 e. The third-order valence-electron chi connectivity index (χ3n) is 3.91. The summed E-state index contributed by atoms with van der Waals surface area (Å²) in [7, 11) is 0. The van der Waals surface area contributed by atoms with E-state index < -0.39 is 0 Å². The molecule has 1 aliphatic carbocycles. The topological polar surface area (TPSA) is 32.3 Å². The fourth-order valence-corrected chi connectivity index (χ4v) is 3.51. The van der Waals surface area contributed by atoms with Crippen molar-refractivity contribution in [2.45, 2.75) is 25.4 Å². The van der Waals surface area contributed by atoms with E-state index in [1.807, 2.05) is 18.2 Å². The van der Waals surface area contributed by atoms with Crippen molar-refractivity contribution in [1.82, 2.24) is 4.90 Å². The van der Waals surface area contributed by atoms with Crippen LogP contribution in [0.15, 0.2) is 42.5 Å². The van der Waals surface area contributed by atoms with Crippen LogP contribution in [0, 0.1) is 0 Å². The van der Waals surface area contributed by atoms with Crippen LogP contribution in [0.2, 0.25) is 15.1 Å². The number of hydrogen-bond donors (Lipinski definition) is 1. The van der Waals surface area contributed by atoms with E-state index in [-0.39, 0.29) is 5.91 Å². The minimum atomic E-state index is -0.135. The standard InChI is InChI=1S/C18H17Cl3N2O/c19-13-8-15(20)18(16(21)9-13)22-17(24)11-23(14-6-7-14)10-12-4-2-1-3-5-12/h1-5,8-9,14H,6-7,10-11H2,(H,22,24). The van der Waals surface area contributed by atoms with Gasteiger partial charge in [-0.05, 0) is 30.5 Å². The highest BCUT2D eigenvalue weighted by Crippen LogP contribution is 2.34. The lowest BCUT2D eigenvalue weighted by Gasteiger charge is -2.22. The van der Waals surface area contributed by atoms with E-state index in [1.165, 1.54) is 5.56 Å². The highest BCUT2D eigenvalue weighted by atomic mass is 35.5. The van der Waals surface area contributed by atoms with Crippen molar-refractivity contribution in [3.05, 3.63) is 63.1 Å². The molecule has 1 aliphatic rings. The summed E-state index contributed by atoms with van der Waals surface area (Å²) < 4.78 is 0. The number of benzene rings is 2. The molecule has 3 nitrogen and oxygen atoms in total.